The molecule has 0 radical (unpaired) electrons. The molecule has 100 valence electrons. The summed E-state index contributed by atoms with van der Waals surface area (Å²) in [4.78, 5) is 2.54. The van der Waals surface area contributed by atoms with E-state index in [1.807, 2.05) is 0 Å². The highest BCUT2D eigenvalue weighted by Crippen LogP contribution is 2.14. The van der Waals surface area contributed by atoms with E-state index in [-0.39, 0.29) is 0 Å². The van der Waals surface area contributed by atoms with Crippen molar-refractivity contribution >= 4 is 0 Å². The Morgan fingerprint density at radius 1 is 1.22 bits per heavy atom. The van der Waals surface area contributed by atoms with Crippen LogP contribution in [0.4, 0.5) is 0 Å². The Morgan fingerprint density at radius 3 is 2.67 bits per heavy atom. The maximum absolute atomic E-state index is 3.43. The molecule has 0 unspecified atom stereocenters. The first-order valence-electron chi connectivity index (χ1n) is 7.14. The van der Waals surface area contributed by atoms with Crippen LogP contribution in [0, 0.1) is 13.8 Å². The van der Waals surface area contributed by atoms with Crippen molar-refractivity contribution in [3.8, 4) is 0 Å². The van der Waals surface area contributed by atoms with Crippen molar-refractivity contribution in [3.05, 3.63) is 34.9 Å². The molecule has 2 nitrogen and oxygen atoms in total. The van der Waals surface area contributed by atoms with Crippen LogP contribution in [0.15, 0.2) is 18.2 Å². The first-order valence-corrected chi connectivity index (χ1v) is 7.14. The van der Waals surface area contributed by atoms with Crippen LogP contribution in [0.3, 0.4) is 0 Å². The highest BCUT2D eigenvalue weighted by Gasteiger charge is 2.17. The Bertz CT molecular complexity index is 381. The SMILES string of the molecule is Cc1ccc(C)c(CCN(C)C2CCNCC2)c1. The van der Waals surface area contributed by atoms with E-state index in [9.17, 15) is 0 Å². The largest absolute Gasteiger partial charge is 0.317 e. The number of aryl methyl sites for hydroxylation is 2. The second kappa shape index (κ2) is 6.35. The minimum atomic E-state index is 0.774. The van der Waals surface area contributed by atoms with Gasteiger partial charge in [0.2, 0.25) is 0 Å². The van der Waals surface area contributed by atoms with Crippen molar-refractivity contribution in [2.24, 2.45) is 0 Å². The molecule has 1 aromatic carbocycles. The fourth-order valence-corrected chi connectivity index (χ4v) is 2.80. The minimum Gasteiger partial charge on any atom is -0.317 e. The second-order valence-electron chi connectivity index (χ2n) is 5.64. The summed E-state index contributed by atoms with van der Waals surface area (Å²) in [6, 6.07) is 7.56. The van der Waals surface area contributed by atoms with Gasteiger partial charge in [-0.1, -0.05) is 23.8 Å². The van der Waals surface area contributed by atoms with Gasteiger partial charge >= 0.3 is 0 Å². The molecule has 0 spiro atoms. The zero-order chi connectivity index (χ0) is 13.0. The molecule has 0 bridgehead atoms. The lowest BCUT2D eigenvalue weighted by Crippen LogP contribution is -2.41. The molecule has 1 aliphatic heterocycles. The van der Waals surface area contributed by atoms with Gasteiger partial charge < -0.3 is 10.2 Å². The number of benzene rings is 1. The summed E-state index contributed by atoms with van der Waals surface area (Å²) < 4.78 is 0. The average molecular weight is 246 g/mol. The van der Waals surface area contributed by atoms with Crippen molar-refractivity contribution in [1.82, 2.24) is 10.2 Å². The van der Waals surface area contributed by atoms with Crippen molar-refractivity contribution < 1.29 is 0 Å². The van der Waals surface area contributed by atoms with Crippen molar-refractivity contribution in [2.75, 3.05) is 26.7 Å². The lowest BCUT2D eigenvalue weighted by molar-refractivity contribution is 0.201. The summed E-state index contributed by atoms with van der Waals surface area (Å²) in [6.45, 7) is 7.94. The second-order valence-corrected chi connectivity index (χ2v) is 5.64. The van der Waals surface area contributed by atoms with Gasteiger partial charge in [-0.3, -0.25) is 0 Å². The average Bonchev–Trinajstić information content (AvgIpc) is 2.40. The number of rotatable bonds is 4. The van der Waals surface area contributed by atoms with Crippen molar-refractivity contribution in [3.63, 3.8) is 0 Å². The maximum atomic E-state index is 3.43. The van der Waals surface area contributed by atoms with Crippen LogP contribution in [-0.2, 0) is 6.42 Å². The van der Waals surface area contributed by atoms with Gasteiger partial charge in [-0.15, -0.1) is 0 Å². The normalized spacial score (nSPS) is 17.3. The third-order valence-corrected chi connectivity index (χ3v) is 4.17. The monoisotopic (exact) mass is 246 g/mol. The molecule has 1 N–H and O–H groups in total. The zero-order valence-corrected chi connectivity index (χ0v) is 12.0. The Labute approximate surface area is 111 Å². The quantitative estimate of drug-likeness (QED) is 0.878. The van der Waals surface area contributed by atoms with Gasteiger partial charge in [-0.2, -0.15) is 0 Å². The Morgan fingerprint density at radius 2 is 1.94 bits per heavy atom. The molecular formula is C16H26N2. The molecule has 1 aromatic rings. The highest BCUT2D eigenvalue weighted by atomic mass is 15.1. The number of likely N-dealkylation sites (N-methyl/N-ethyl adjacent to an activating group) is 1. The number of hydrogen-bond donors (Lipinski definition) is 1. The summed E-state index contributed by atoms with van der Waals surface area (Å²) in [7, 11) is 2.28. The predicted octanol–water partition coefficient (Wildman–Crippen LogP) is 2.53. The van der Waals surface area contributed by atoms with Gasteiger partial charge in [-0.05, 0) is 64.4 Å². The van der Waals surface area contributed by atoms with Crippen LogP contribution in [0.5, 0.6) is 0 Å². The standard InChI is InChI=1S/C16H26N2/c1-13-4-5-14(2)15(12-13)8-11-18(3)16-6-9-17-10-7-16/h4-5,12,16-17H,6-11H2,1-3H3. The first-order chi connectivity index (χ1) is 8.66. The lowest BCUT2D eigenvalue weighted by atomic mass is 10.0. The third kappa shape index (κ3) is 3.56. The molecule has 1 saturated heterocycles. The fourth-order valence-electron chi connectivity index (χ4n) is 2.80. The van der Waals surface area contributed by atoms with E-state index in [0.29, 0.717) is 0 Å². The summed E-state index contributed by atoms with van der Waals surface area (Å²) >= 11 is 0. The number of nitrogens with zero attached hydrogens (tertiary/aromatic N) is 1. The molecule has 0 aliphatic carbocycles. The van der Waals surface area contributed by atoms with Crippen molar-refractivity contribution in [1.29, 1.82) is 0 Å². The van der Waals surface area contributed by atoms with Crippen LogP contribution in [0.25, 0.3) is 0 Å². The van der Waals surface area contributed by atoms with Gasteiger partial charge in [0.1, 0.15) is 0 Å². The number of nitrogens with one attached hydrogen (secondary N) is 1. The van der Waals surface area contributed by atoms with E-state index in [2.05, 4.69) is 49.3 Å². The molecule has 0 aromatic heterocycles. The van der Waals surface area contributed by atoms with E-state index >= 15 is 0 Å². The molecule has 18 heavy (non-hydrogen) atoms. The Kier molecular flexibility index (Phi) is 4.79. The molecule has 2 heteroatoms. The summed E-state index contributed by atoms with van der Waals surface area (Å²) in [5.41, 5.74) is 4.32. The van der Waals surface area contributed by atoms with Crippen LogP contribution in [0.1, 0.15) is 29.5 Å². The molecule has 1 fully saturated rings. The number of hydrogen-bond acceptors (Lipinski definition) is 2. The van der Waals surface area contributed by atoms with E-state index in [0.717, 1.165) is 6.04 Å². The van der Waals surface area contributed by atoms with E-state index < -0.39 is 0 Å². The van der Waals surface area contributed by atoms with Gasteiger partial charge in [0, 0.05) is 12.6 Å². The summed E-state index contributed by atoms with van der Waals surface area (Å²) in [6.07, 6.45) is 3.76. The molecule has 0 amide bonds. The molecule has 1 heterocycles. The fraction of sp³-hybridized carbons (Fsp3) is 0.625. The summed E-state index contributed by atoms with van der Waals surface area (Å²) in [5, 5.41) is 3.43. The van der Waals surface area contributed by atoms with E-state index in [1.165, 1.54) is 55.6 Å². The van der Waals surface area contributed by atoms with Crippen LogP contribution in [-0.4, -0.2) is 37.6 Å². The molecule has 0 saturated carbocycles. The maximum Gasteiger partial charge on any atom is 0.0116 e. The molecule has 0 atom stereocenters. The smallest absolute Gasteiger partial charge is 0.0116 e. The van der Waals surface area contributed by atoms with Gasteiger partial charge in [-0.25, -0.2) is 0 Å². The first kappa shape index (κ1) is 13.6. The van der Waals surface area contributed by atoms with E-state index in [4.69, 9.17) is 0 Å². The van der Waals surface area contributed by atoms with Crippen LogP contribution >= 0.6 is 0 Å². The van der Waals surface area contributed by atoms with Gasteiger partial charge in [0.15, 0.2) is 0 Å². The number of piperidine rings is 1. The van der Waals surface area contributed by atoms with Gasteiger partial charge in [0.25, 0.3) is 0 Å². The van der Waals surface area contributed by atoms with Crippen LogP contribution < -0.4 is 5.32 Å². The van der Waals surface area contributed by atoms with Crippen LogP contribution in [0.2, 0.25) is 0 Å². The third-order valence-electron chi connectivity index (χ3n) is 4.17. The Hall–Kier alpha value is -0.860. The van der Waals surface area contributed by atoms with Gasteiger partial charge in [0.05, 0.1) is 0 Å². The predicted molar refractivity (Wildman–Crippen MR) is 78.1 cm³/mol. The highest BCUT2D eigenvalue weighted by molar-refractivity contribution is 5.30. The lowest BCUT2D eigenvalue weighted by Gasteiger charge is -2.31. The minimum absolute atomic E-state index is 0.774. The molecular weight excluding hydrogens is 220 g/mol. The molecule has 2 rings (SSSR count). The molecule has 1 aliphatic rings. The summed E-state index contributed by atoms with van der Waals surface area (Å²) in [5.74, 6) is 0. The van der Waals surface area contributed by atoms with E-state index in [1.54, 1.807) is 0 Å². The Balaban J connectivity index is 1.88. The topological polar surface area (TPSA) is 15.3 Å². The van der Waals surface area contributed by atoms with Crippen molar-refractivity contribution in [2.45, 2.75) is 39.2 Å². The zero-order valence-electron chi connectivity index (χ0n) is 12.0.